The zero-order valence-electron chi connectivity index (χ0n) is 24.6. The van der Waals surface area contributed by atoms with Crippen LogP contribution in [0.25, 0.3) is 0 Å². The molecule has 2 atom stereocenters. The minimum atomic E-state index is -0.557. The number of unbranched alkanes of at least 4 members (excludes halogenated alkanes) is 1. The summed E-state index contributed by atoms with van der Waals surface area (Å²) in [6, 6.07) is 47.4. The summed E-state index contributed by atoms with van der Waals surface area (Å²) < 4.78 is 0. The molecule has 0 saturated carbocycles. The summed E-state index contributed by atoms with van der Waals surface area (Å²) >= 11 is 0. The van der Waals surface area contributed by atoms with Gasteiger partial charge in [-0.2, -0.15) is 0 Å². The van der Waals surface area contributed by atoms with Crippen LogP contribution in [0.4, 0.5) is 11.4 Å². The maximum absolute atomic E-state index is 4.92. The Hall–Kier alpha value is -4.36. The number of para-hydroxylation sites is 2. The van der Waals surface area contributed by atoms with Gasteiger partial charge in [-0.15, -0.1) is 0 Å². The number of nitrogens with one attached hydrogen (secondary N) is 2. The molecule has 0 aliphatic carbocycles. The molecule has 218 valence electrons. The van der Waals surface area contributed by atoms with E-state index in [4.69, 9.17) is 9.98 Å². The van der Waals surface area contributed by atoms with Gasteiger partial charge in [-0.25, -0.2) is 0 Å². The standard InChI is InChI=1S/C38H36N4P2/c1-3-17-33(18-4-1)43(37-23-9-7-21-35(37)41-29-31-15-13-25-39-31)27-11-12-28-44(34-19-5-2-6-20-34)38-24-10-8-22-36(38)42-30-32-16-14-26-40-32/h1-10,13-26,29-30,39-40H,11-12,27-28H2. The van der Waals surface area contributed by atoms with Crippen molar-refractivity contribution < 1.29 is 0 Å². The van der Waals surface area contributed by atoms with Gasteiger partial charge < -0.3 is 9.97 Å². The van der Waals surface area contributed by atoms with Crippen LogP contribution < -0.4 is 21.2 Å². The van der Waals surface area contributed by atoms with Crippen molar-refractivity contribution in [1.29, 1.82) is 0 Å². The highest BCUT2D eigenvalue weighted by Gasteiger charge is 2.19. The number of rotatable bonds is 13. The first-order valence-electron chi connectivity index (χ1n) is 15.0. The summed E-state index contributed by atoms with van der Waals surface area (Å²) in [4.78, 5) is 16.3. The van der Waals surface area contributed by atoms with Crippen LogP contribution in [0.5, 0.6) is 0 Å². The van der Waals surface area contributed by atoms with E-state index in [0.717, 1.165) is 47.9 Å². The molecule has 0 amide bonds. The summed E-state index contributed by atoms with van der Waals surface area (Å²) in [5.74, 6) is 0. The molecule has 0 radical (unpaired) electrons. The molecule has 4 nitrogen and oxygen atoms in total. The molecule has 0 aliphatic rings. The van der Waals surface area contributed by atoms with Crippen LogP contribution in [-0.2, 0) is 0 Å². The normalized spacial score (nSPS) is 13.0. The van der Waals surface area contributed by atoms with Crippen molar-refractivity contribution in [3.63, 3.8) is 0 Å². The van der Waals surface area contributed by atoms with Crippen LogP contribution >= 0.6 is 15.8 Å². The summed E-state index contributed by atoms with van der Waals surface area (Å²) in [5, 5.41) is 5.48. The highest BCUT2D eigenvalue weighted by atomic mass is 31.1. The Balaban J connectivity index is 1.22. The highest BCUT2D eigenvalue weighted by Crippen LogP contribution is 2.41. The molecule has 2 aromatic heterocycles. The van der Waals surface area contributed by atoms with E-state index in [1.54, 1.807) is 0 Å². The third-order valence-corrected chi connectivity index (χ3v) is 12.7. The molecule has 6 heteroatoms. The Morgan fingerprint density at radius 3 is 1.27 bits per heavy atom. The quantitative estimate of drug-likeness (QED) is 0.0753. The van der Waals surface area contributed by atoms with Crippen molar-refractivity contribution in [3.8, 4) is 0 Å². The van der Waals surface area contributed by atoms with E-state index < -0.39 is 15.8 Å². The van der Waals surface area contributed by atoms with E-state index in [1.807, 2.05) is 49.1 Å². The van der Waals surface area contributed by atoms with E-state index >= 15 is 0 Å². The average Bonchev–Trinajstić information content (AvgIpc) is 3.81. The first-order chi connectivity index (χ1) is 21.8. The number of nitrogens with zero attached hydrogens (tertiary/aromatic N) is 2. The van der Waals surface area contributed by atoms with Crippen LogP contribution in [0.3, 0.4) is 0 Å². The predicted molar refractivity (Wildman–Crippen MR) is 193 cm³/mol. The zero-order valence-corrected chi connectivity index (χ0v) is 26.4. The lowest BCUT2D eigenvalue weighted by Crippen LogP contribution is -2.16. The summed E-state index contributed by atoms with van der Waals surface area (Å²) in [7, 11) is -1.11. The third kappa shape index (κ3) is 7.77. The van der Waals surface area contributed by atoms with Crippen molar-refractivity contribution in [3.05, 3.63) is 157 Å². The second kappa shape index (κ2) is 15.4. The SMILES string of the molecule is C(=Nc1ccccc1P(CCCCP(c1ccccc1)c1ccccc1N=Cc1ccc[nH]1)c1ccccc1)c1ccc[nH]1. The van der Waals surface area contributed by atoms with Gasteiger partial charge in [0.15, 0.2) is 0 Å². The van der Waals surface area contributed by atoms with E-state index in [2.05, 4.69) is 119 Å². The number of aromatic amines is 2. The smallest absolute Gasteiger partial charge is 0.0710 e. The first-order valence-corrected chi connectivity index (χ1v) is 18.1. The van der Waals surface area contributed by atoms with Gasteiger partial charge in [-0.3, -0.25) is 9.98 Å². The average molecular weight is 611 g/mol. The molecule has 0 fully saturated rings. The van der Waals surface area contributed by atoms with Gasteiger partial charge in [-0.05, 0) is 88.0 Å². The minimum Gasteiger partial charge on any atom is -0.360 e. The van der Waals surface area contributed by atoms with Crippen molar-refractivity contribution in [2.24, 2.45) is 9.98 Å². The Kier molecular flexibility index (Phi) is 10.4. The fourth-order valence-corrected chi connectivity index (χ4v) is 10.3. The lowest BCUT2D eigenvalue weighted by atomic mass is 10.3. The van der Waals surface area contributed by atoms with Crippen molar-refractivity contribution in [2.75, 3.05) is 12.3 Å². The molecule has 6 rings (SSSR count). The van der Waals surface area contributed by atoms with Gasteiger partial charge in [0.25, 0.3) is 0 Å². The molecule has 2 unspecified atom stereocenters. The molecule has 2 heterocycles. The van der Waals surface area contributed by atoms with E-state index in [0.29, 0.717) is 0 Å². The number of hydrogen-bond donors (Lipinski definition) is 2. The molecule has 4 aromatic carbocycles. The van der Waals surface area contributed by atoms with Crippen molar-refractivity contribution >= 4 is 60.9 Å². The van der Waals surface area contributed by atoms with Gasteiger partial charge >= 0.3 is 0 Å². The molecule has 44 heavy (non-hydrogen) atoms. The van der Waals surface area contributed by atoms with Crippen LogP contribution in [0.1, 0.15) is 24.2 Å². The number of benzene rings is 4. The largest absolute Gasteiger partial charge is 0.360 e. The Bertz CT molecular complexity index is 1630. The second-order valence-corrected chi connectivity index (χ2v) is 15.0. The van der Waals surface area contributed by atoms with Crippen molar-refractivity contribution in [2.45, 2.75) is 12.8 Å². The molecule has 2 N–H and O–H groups in total. The monoisotopic (exact) mass is 610 g/mol. The van der Waals surface area contributed by atoms with Crippen LogP contribution in [0.15, 0.2) is 156 Å². The Morgan fingerprint density at radius 1 is 0.455 bits per heavy atom. The Morgan fingerprint density at radius 2 is 0.864 bits per heavy atom. The lowest BCUT2D eigenvalue weighted by Gasteiger charge is -2.23. The summed E-state index contributed by atoms with van der Waals surface area (Å²) in [6.45, 7) is 0. The molecular formula is C38H36N4P2. The van der Waals surface area contributed by atoms with Crippen molar-refractivity contribution in [1.82, 2.24) is 9.97 Å². The van der Waals surface area contributed by atoms with Gasteiger partial charge in [0, 0.05) is 23.0 Å². The summed E-state index contributed by atoms with van der Waals surface area (Å²) in [5.41, 5.74) is 4.13. The minimum absolute atomic E-state index is 0.557. The van der Waals surface area contributed by atoms with Gasteiger partial charge in [0.05, 0.1) is 35.2 Å². The number of aliphatic imine (C=N–C) groups is 2. The number of aromatic nitrogens is 2. The van der Waals surface area contributed by atoms with Gasteiger partial charge in [-0.1, -0.05) is 97.1 Å². The highest BCUT2D eigenvalue weighted by molar-refractivity contribution is 7.73. The van der Waals surface area contributed by atoms with Crippen LogP contribution in [-0.4, -0.2) is 34.7 Å². The third-order valence-electron chi connectivity index (χ3n) is 7.42. The molecule has 0 saturated heterocycles. The summed E-state index contributed by atoms with van der Waals surface area (Å²) in [6.07, 6.45) is 12.3. The lowest BCUT2D eigenvalue weighted by molar-refractivity contribution is 0.902. The predicted octanol–water partition coefficient (Wildman–Crippen LogP) is 8.19. The van der Waals surface area contributed by atoms with Crippen LogP contribution in [0, 0.1) is 0 Å². The van der Waals surface area contributed by atoms with Crippen LogP contribution in [0.2, 0.25) is 0 Å². The maximum Gasteiger partial charge on any atom is 0.0710 e. The molecule has 0 spiro atoms. The molecule has 6 aromatic rings. The molecule has 0 aliphatic heterocycles. The zero-order chi connectivity index (χ0) is 29.8. The maximum atomic E-state index is 4.92. The number of hydrogen-bond acceptors (Lipinski definition) is 2. The molecular weight excluding hydrogens is 574 g/mol. The first kappa shape index (κ1) is 29.7. The Labute approximate surface area is 262 Å². The van der Waals surface area contributed by atoms with E-state index in [-0.39, 0.29) is 0 Å². The number of H-pyrrole nitrogens is 2. The fraction of sp³-hybridized carbons (Fsp3) is 0.105. The fourth-order valence-electron chi connectivity index (χ4n) is 5.26. The van der Waals surface area contributed by atoms with Gasteiger partial charge in [0.2, 0.25) is 0 Å². The molecule has 0 bridgehead atoms. The van der Waals surface area contributed by atoms with E-state index in [9.17, 15) is 0 Å². The second-order valence-electron chi connectivity index (χ2n) is 10.4. The van der Waals surface area contributed by atoms with Gasteiger partial charge in [0.1, 0.15) is 0 Å². The van der Waals surface area contributed by atoms with E-state index in [1.165, 1.54) is 21.2 Å². The topological polar surface area (TPSA) is 56.3 Å².